The Morgan fingerprint density at radius 2 is 2.22 bits per heavy atom. The smallest absolute Gasteiger partial charge is 0.317 e. The molecule has 2 aromatic rings. The van der Waals surface area contributed by atoms with Crippen LogP contribution in [0.15, 0.2) is 34.9 Å². The summed E-state index contributed by atoms with van der Waals surface area (Å²) in [5.41, 5.74) is 1.48. The van der Waals surface area contributed by atoms with Crippen molar-refractivity contribution in [1.29, 1.82) is 0 Å². The number of hydrogen-bond donors (Lipinski definition) is 2. The first-order chi connectivity index (χ1) is 11.0. The fourth-order valence-corrected chi connectivity index (χ4v) is 2.23. The van der Waals surface area contributed by atoms with Crippen molar-refractivity contribution in [1.82, 2.24) is 25.2 Å². The Balaban J connectivity index is 1.93. The number of nitrogens with zero attached hydrogens (tertiary/aromatic N) is 4. The fourth-order valence-electron chi connectivity index (χ4n) is 1.84. The highest BCUT2D eigenvalue weighted by atomic mass is 79.9. The standard InChI is InChI=1S/C14H16BrN5O3/c1-19(14(23)16-6-5-13(21)22)8-11-9-20(18-17-11)12-4-2-3-10(15)7-12/h2-4,7,9H,5-6,8H2,1H3,(H,16,23)(H,21,22). The van der Waals surface area contributed by atoms with Gasteiger partial charge in [-0.1, -0.05) is 27.2 Å². The van der Waals surface area contributed by atoms with E-state index in [0.29, 0.717) is 5.69 Å². The third kappa shape index (κ3) is 5.06. The van der Waals surface area contributed by atoms with Gasteiger partial charge in [0.15, 0.2) is 0 Å². The molecule has 9 heteroatoms. The largest absolute Gasteiger partial charge is 0.481 e. The van der Waals surface area contributed by atoms with E-state index in [1.165, 1.54) is 4.90 Å². The van der Waals surface area contributed by atoms with Gasteiger partial charge in [-0.15, -0.1) is 5.10 Å². The van der Waals surface area contributed by atoms with Crippen LogP contribution >= 0.6 is 15.9 Å². The lowest BCUT2D eigenvalue weighted by Gasteiger charge is -2.15. The van der Waals surface area contributed by atoms with Crippen molar-refractivity contribution in [3.63, 3.8) is 0 Å². The van der Waals surface area contributed by atoms with Crippen LogP contribution in [0.4, 0.5) is 4.79 Å². The summed E-state index contributed by atoms with van der Waals surface area (Å²) in [6, 6.07) is 7.24. The van der Waals surface area contributed by atoms with E-state index in [2.05, 4.69) is 31.6 Å². The van der Waals surface area contributed by atoms with Gasteiger partial charge in [0.25, 0.3) is 0 Å². The molecular weight excluding hydrogens is 366 g/mol. The van der Waals surface area contributed by atoms with Gasteiger partial charge in [0.2, 0.25) is 0 Å². The number of nitrogens with one attached hydrogen (secondary N) is 1. The lowest BCUT2D eigenvalue weighted by Crippen LogP contribution is -2.37. The van der Waals surface area contributed by atoms with E-state index in [0.717, 1.165) is 10.2 Å². The van der Waals surface area contributed by atoms with E-state index in [1.807, 2.05) is 24.3 Å². The lowest BCUT2D eigenvalue weighted by molar-refractivity contribution is -0.136. The first-order valence-corrected chi connectivity index (χ1v) is 7.63. The summed E-state index contributed by atoms with van der Waals surface area (Å²) >= 11 is 3.40. The van der Waals surface area contributed by atoms with Gasteiger partial charge < -0.3 is 15.3 Å². The second-order valence-electron chi connectivity index (χ2n) is 4.87. The van der Waals surface area contributed by atoms with Gasteiger partial charge in [-0.3, -0.25) is 4.79 Å². The summed E-state index contributed by atoms with van der Waals surface area (Å²) in [6.45, 7) is 0.357. The number of halogens is 1. The zero-order valence-corrected chi connectivity index (χ0v) is 14.0. The summed E-state index contributed by atoms with van der Waals surface area (Å²) in [6.07, 6.45) is 1.63. The molecule has 0 radical (unpaired) electrons. The summed E-state index contributed by atoms with van der Waals surface area (Å²) in [4.78, 5) is 23.6. The van der Waals surface area contributed by atoms with Crippen LogP contribution in [0.25, 0.3) is 5.69 Å². The number of amides is 2. The molecule has 0 saturated carbocycles. The van der Waals surface area contributed by atoms with Crippen LogP contribution in [-0.2, 0) is 11.3 Å². The summed E-state index contributed by atoms with van der Waals surface area (Å²) in [5.74, 6) is -0.954. The maximum atomic E-state index is 11.8. The molecule has 0 atom stereocenters. The summed E-state index contributed by atoms with van der Waals surface area (Å²) in [5, 5.41) is 19.1. The number of carbonyl (C=O) groups excluding carboxylic acids is 1. The Labute approximate surface area is 141 Å². The van der Waals surface area contributed by atoms with E-state index in [-0.39, 0.29) is 25.5 Å². The number of aliphatic carboxylic acids is 1. The summed E-state index contributed by atoms with van der Waals surface area (Å²) < 4.78 is 2.55. The van der Waals surface area contributed by atoms with Crippen molar-refractivity contribution in [3.05, 3.63) is 40.6 Å². The molecule has 0 aliphatic rings. The molecule has 23 heavy (non-hydrogen) atoms. The van der Waals surface area contributed by atoms with Gasteiger partial charge in [0.05, 0.1) is 24.8 Å². The number of carboxylic acid groups (broad SMARTS) is 1. The number of carboxylic acids is 1. The molecule has 1 heterocycles. The van der Waals surface area contributed by atoms with Gasteiger partial charge in [0.1, 0.15) is 5.69 Å². The lowest BCUT2D eigenvalue weighted by atomic mass is 10.3. The minimum absolute atomic E-state index is 0.0865. The first-order valence-electron chi connectivity index (χ1n) is 6.83. The molecule has 0 aliphatic heterocycles. The normalized spacial score (nSPS) is 10.3. The molecular formula is C14H16BrN5O3. The van der Waals surface area contributed by atoms with E-state index >= 15 is 0 Å². The third-order valence-electron chi connectivity index (χ3n) is 2.97. The molecule has 0 aliphatic carbocycles. The van der Waals surface area contributed by atoms with Crippen LogP contribution in [0.2, 0.25) is 0 Å². The quantitative estimate of drug-likeness (QED) is 0.791. The number of carbonyl (C=O) groups is 2. The highest BCUT2D eigenvalue weighted by Crippen LogP contribution is 2.14. The maximum Gasteiger partial charge on any atom is 0.317 e. The molecule has 122 valence electrons. The Bertz CT molecular complexity index is 703. The molecule has 8 nitrogen and oxygen atoms in total. The SMILES string of the molecule is CN(Cc1cn(-c2cccc(Br)c2)nn1)C(=O)NCCC(=O)O. The van der Waals surface area contributed by atoms with Gasteiger partial charge in [-0.2, -0.15) is 0 Å². The van der Waals surface area contributed by atoms with Crippen molar-refractivity contribution in [2.24, 2.45) is 0 Å². The van der Waals surface area contributed by atoms with Crippen LogP contribution in [0.1, 0.15) is 12.1 Å². The molecule has 0 bridgehead atoms. The second kappa shape index (κ2) is 7.73. The Hall–Kier alpha value is -2.42. The van der Waals surface area contributed by atoms with Gasteiger partial charge in [0, 0.05) is 18.1 Å². The minimum Gasteiger partial charge on any atom is -0.481 e. The van der Waals surface area contributed by atoms with Crippen molar-refractivity contribution < 1.29 is 14.7 Å². The zero-order chi connectivity index (χ0) is 16.8. The molecule has 2 rings (SSSR count). The molecule has 0 spiro atoms. The molecule has 2 N–H and O–H groups in total. The van der Waals surface area contributed by atoms with Crippen molar-refractivity contribution in [2.45, 2.75) is 13.0 Å². The highest BCUT2D eigenvalue weighted by Gasteiger charge is 2.12. The molecule has 0 fully saturated rings. The Morgan fingerprint density at radius 1 is 1.43 bits per heavy atom. The number of urea groups is 1. The van der Waals surface area contributed by atoms with Crippen LogP contribution in [0, 0.1) is 0 Å². The fraction of sp³-hybridized carbons (Fsp3) is 0.286. The molecule has 1 aromatic heterocycles. The molecule has 2 amide bonds. The Morgan fingerprint density at radius 3 is 2.91 bits per heavy atom. The van der Waals surface area contributed by atoms with E-state index in [9.17, 15) is 9.59 Å². The highest BCUT2D eigenvalue weighted by molar-refractivity contribution is 9.10. The van der Waals surface area contributed by atoms with Crippen molar-refractivity contribution in [3.8, 4) is 5.69 Å². The molecule has 0 unspecified atom stereocenters. The predicted molar refractivity (Wildman–Crippen MR) is 86.2 cm³/mol. The average Bonchev–Trinajstić information content (AvgIpc) is 2.95. The van der Waals surface area contributed by atoms with Crippen LogP contribution < -0.4 is 5.32 Å². The number of aromatic nitrogens is 3. The number of benzene rings is 1. The minimum atomic E-state index is -0.954. The van der Waals surface area contributed by atoms with Crippen LogP contribution in [0.3, 0.4) is 0 Å². The maximum absolute atomic E-state index is 11.8. The van der Waals surface area contributed by atoms with Gasteiger partial charge in [-0.25, -0.2) is 9.48 Å². The van der Waals surface area contributed by atoms with Crippen LogP contribution in [0.5, 0.6) is 0 Å². The number of rotatable bonds is 6. The average molecular weight is 382 g/mol. The van der Waals surface area contributed by atoms with Crippen molar-refractivity contribution >= 4 is 27.9 Å². The summed E-state index contributed by atoms with van der Waals surface area (Å²) in [7, 11) is 1.61. The monoisotopic (exact) mass is 381 g/mol. The second-order valence-corrected chi connectivity index (χ2v) is 5.78. The van der Waals surface area contributed by atoms with E-state index < -0.39 is 5.97 Å². The van der Waals surface area contributed by atoms with Crippen molar-refractivity contribution in [2.75, 3.05) is 13.6 Å². The zero-order valence-electron chi connectivity index (χ0n) is 12.4. The van der Waals surface area contributed by atoms with E-state index in [1.54, 1.807) is 17.9 Å². The number of hydrogen-bond acceptors (Lipinski definition) is 4. The Kier molecular flexibility index (Phi) is 5.69. The van der Waals surface area contributed by atoms with Crippen LogP contribution in [-0.4, -0.2) is 50.6 Å². The predicted octanol–water partition coefficient (Wildman–Crippen LogP) is 1.65. The molecule has 0 saturated heterocycles. The topological polar surface area (TPSA) is 100 Å². The molecule has 1 aromatic carbocycles. The first kappa shape index (κ1) is 16.9. The third-order valence-corrected chi connectivity index (χ3v) is 3.47. The van der Waals surface area contributed by atoms with E-state index in [4.69, 9.17) is 5.11 Å². The van der Waals surface area contributed by atoms with Gasteiger partial charge >= 0.3 is 12.0 Å². The van der Waals surface area contributed by atoms with Gasteiger partial charge in [-0.05, 0) is 18.2 Å².